The van der Waals surface area contributed by atoms with Crippen LogP contribution in [0.1, 0.15) is 58.8 Å². The van der Waals surface area contributed by atoms with Crippen molar-refractivity contribution < 1.29 is 9.90 Å². The molecule has 0 amide bonds. The zero-order chi connectivity index (χ0) is 15.2. The molecule has 0 aromatic heterocycles. The predicted molar refractivity (Wildman–Crippen MR) is 85.4 cm³/mol. The second kappa shape index (κ2) is 8.14. The molecule has 4 nitrogen and oxygen atoms in total. The number of carboxylic acids is 1. The monoisotopic (exact) mass is 296 g/mol. The summed E-state index contributed by atoms with van der Waals surface area (Å²) in [6, 6.07) is 0.966. The summed E-state index contributed by atoms with van der Waals surface area (Å²) in [4.78, 5) is 13.5. The van der Waals surface area contributed by atoms with Gasteiger partial charge in [0.2, 0.25) is 0 Å². The molecule has 0 spiro atoms. The summed E-state index contributed by atoms with van der Waals surface area (Å²) in [7, 11) is 0. The van der Waals surface area contributed by atoms with Gasteiger partial charge in [0.05, 0.1) is 0 Å². The third-order valence-electron chi connectivity index (χ3n) is 5.18. The molecule has 2 fully saturated rings. The third kappa shape index (κ3) is 5.59. The zero-order valence-electron chi connectivity index (χ0n) is 13.7. The van der Waals surface area contributed by atoms with Gasteiger partial charge < -0.3 is 10.4 Å². The van der Waals surface area contributed by atoms with Crippen molar-refractivity contribution in [3.63, 3.8) is 0 Å². The summed E-state index contributed by atoms with van der Waals surface area (Å²) in [5.74, 6) is 0.477. The molecule has 0 aromatic rings. The van der Waals surface area contributed by atoms with Crippen LogP contribution in [0.2, 0.25) is 0 Å². The summed E-state index contributed by atoms with van der Waals surface area (Å²) in [5.41, 5.74) is 0. The van der Waals surface area contributed by atoms with Gasteiger partial charge in [-0.1, -0.05) is 19.3 Å². The molecule has 2 unspecified atom stereocenters. The van der Waals surface area contributed by atoms with Crippen molar-refractivity contribution in [3.8, 4) is 0 Å². The minimum atomic E-state index is -0.656. The van der Waals surface area contributed by atoms with Gasteiger partial charge in [-0.25, -0.2) is 0 Å². The van der Waals surface area contributed by atoms with Crippen molar-refractivity contribution in [1.82, 2.24) is 10.2 Å². The van der Waals surface area contributed by atoms with Crippen LogP contribution in [-0.4, -0.2) is 47.7 Å². The molecule has 2 N–H and O–H groups in total. The lowest BCUT2D eigenvalue weighted by atomic mass is 9.87. The lowest BCUT2D eigenvalue weighted by molar-refractivity contribution is -0.138. The van der Waals surface area contributed by atoms with E-state index in [1.807, 2.05) is 0 Å². The van der Waals surface area contributed by atoms with E-state index >= 15 is 0 Å². The first-order valence-electron chi connectivity index (χ1n) is 8.73. The Kier molecular flexibility index (Phi) is 6.49. The van der Waals surface area contributed by atoms with Crippen LogP contribution in [0.3, 0.4) is 0 Å². The number of rotatable bonds is 6. The molecule has 2 atom stereocenters. The first-order chi connectivity index (χ1) is 10.0. The number of likely N-dealkylation sites (tertiary alicyclic amines) is 1. The van der Waals surface area contributed by atoms with Crippen molar-refractivity contribution in [2.75, 3.05) is 19.6 Å². The van der Waals surface area contributed by atoms with Crippen LogP contribution in [0.25, 0.3) is 0 Å². The second-order valence-corrected chi connectivity index (χ2v) is 7.36. The maximum atomic E-state index is 11.0. The largest absolute Gasteiger partial charge is 0.481 e. The highest BCUT2D eigenvalue weighted by molar-refractivity contribution is 5.67. The standard InChI is InChI=1S/C17H32N2O2/c1-13(2)19-11-15(9-17(20)21)8-16(12-19)18-10-14-6-4-3-5-7-14/h13-16,18H,3-12H2,1-2H3,(H,20,21). The van der Waals surface area contributed by atoms with Gasteiger partial charge in [-0.15, -0.1) is 0 Å². The lowest BCUT2D eigenvalue weighted by Gasteiger charge is -2.40. The fourth-order valence-electron chi connectivity index (χ4n) is 3.93. The van der Waals surface area contributed by atoms with Crippen LogP contribution in [0.15, 0.2) is 0 Å². The van der Waals surface area contributed by atoms with E-state index in [4.69, 9.17) is 5.11 Å². The van der Waals surface area contributed by atoms with Crippen molar-refractivity contribution in [1.29, 1.82) is 0 Å². The Morgan fingerprint density at radius 2 is 1.90 bits per heavy atom. The van der Waals surface area contributed by atoms with Gasteiger partial charge in [-0.3, -0.25) is 9.69 Å². The molecule has 1 heterocycles. The Balaban J connectivity index is 1.82. The normalized spacial score (nSPS) is 28.9. The van der Waals surface area contributed by atoms with Gasteiger partial charge in [0.15, 0.2) is 0 Å². The van der Waals surface area contributed by atoms with Crippen molar-refractivity contribution in [2.45, 2.75) is 70.9 Å². The van der Waals surface area contributed by atoms with Crippen LogP contribution in [0.4, 0.5) is 0 Å². The van der Waals surface area contributed by atoms with Gasteiger partial charge in [0.25, 0.3) is 0 Å². The molecule has 1 saturated heterocycles. The number of carbonyl (C=O) groups is 1. The van der Waals surface area contributed by atoms with E-state index < -0.39 is 5.97 Å². The smallest absolute Gasteiger partial charge is 0.303 e. The van der Waals surface area contributed by atoms with E-state index in [1.54, 1.807) is 0 Å². The Morgan fingerprint density at radius 3 is 2.52 bits per heavy atom. The molecular formula is C17H32N2O2. The van der Waals surface area contributed by atoms with Gasteiger partial charge in [-0.2, -0.15) is 0 Å². The first-order valence-corrected chi connectivity index (χ1v) is 8.73. The number of nitrogens with one attached hydrogen (secondary N) is 1. The molecule has 0 aromatic carbocycles. The quantitative estimate of drug-likeness (QED) is 0.791. The Labute approximate surface area is 129 Å². The van der Waals surface area contributed by atoms with Gasteiger partial charge >= 0.3 is 5.97 Å². The summed E-state index contributed by atoms with van der Waals surface area (Å²) < 4.78 is 0. The number of nitrogens with zero attached hydrogens (tertiary/aromatic N) is 1. The van der Waals surface area contributed by atoms with E-state index in [2.05, 4.69) is 24.1 Å². The first kappa shape index (κ1) is 16.8. The predicted octanol–water partition coefficient (Wildman–Crippen LogP) is 2.73. The molecule has 1 aliphatic heterocycles. The number of hydrogen-bond donors (Lipinski definition) is 2. The zero-order valence-corrected chi connectivity index (χ0v) is 13.7. The lowest BCUT2D eigenvalue weighted by Crippen LogP contribution is -2.52. The summed E-state index contributed by atoms with van der Waals surface area (Å²) in [6.45, 7) is 7.55. The molecule has 0 radical (unpaired) electrons. The third-order valence-corrected chi connectivity index (χ3v) is 5.18. The molecule has 2 rings (SSSR count). The van der Waals surface area contributed by atoms with E-state index in [-0.39, 0.29) is 0 Å². The highest BCUT2D eigenvalue weighted by atomic mass is 16.4. The Bertz CT molecular complexity index is 327. The minimum Gasteiger partial charge on any atom is -0.481 e. The van der Waals surface area contributed by atoms with Crippen molar-refractivity contribution in [3.05, 3.63) is 0 Å². The van der Waals surface area contributed by atoms with Crippen molar-refractivity contribution in [2.24, 2.45) is 11.8 Å². The van der Waals surface area contributed by atoms with Gasteiger partial charge in [0, 0.05) is 31.6 Å². The SMILES string of the molecule is CC(C)N1CC(CC(=O)O)CC(NCC2CCCCC2)C1. The summed E-state index contributed by atoms with van der Waals surface area (Å²) >= 11 is 0. The molecule has 1 aliphatic carbocycles. The average molecular weight is 296 g/mol. The molecule has 1 saturated carbocycles. The van der Waals surface area contributed by atoms with E-state index in [0.717, 1.165) is 32.0 Å². The molecule has 2 aliphatic rings. The highest BCUT2D eigenvalue weighted by Gasteiger charge is 2.30. The number of carboxylic acid groups (broad SMARTS) is 1. The fourth-order valence-corrected chi connectivity index (χ4v) is 3.93. The molecule has 4 heteroatoms. The molecule has 0 bridgehead atoms. The summed E-state index contributed by atoms with van der Waals surface area (Å²) in [6.07, 6.45) is 8.24. The van der Waals surface area contributed by atoms with Crippen LogP contribution in [0.5, 0.6) is 0 Å². The molecule has 21 heavy (non-hydrogen) atoms. The number of piperidine rings is 1. The van der Waals surface area contributed by atoms with Crippen molar-refractivity contribution >= 4 is 5.97 Å². The van der Waals surface area contributed by atoms with Gasteiger partial charge in [-0.05, 0) is 51.5 Å². The number of aliphatic carboxylic acids is 1. The van der Waals surface area contributed by atoms with E-state index in [9.17, 15) is 4.79 Å². The Hall–Kier alpha value is -0.610. The van der Waals surface area contributed by atoms with Gasteiger partial charge in [0.1, 0.15) is 0 Å². The second-order valence-electron chi connectivity index (χ2n) is 7.36. The topological polar surface area (TPSA) is 52.6 Å². The highest BCUT2D eigenvalue weighted by Crippen LogP contribution is 2.25. The summed E-state index contributed by atoms with van der Waals surface area (Å²) in [5, 5.41) is 12.8. The molecule has 122 valence electrons. The van der Waals surface area contributed by atoms with Crippen LogP contribution < -0.4 is 5.32 Å². The van der Waals surface area contributed by atoms with Crippen LogP contribution >= 0.6 is 0 Å². The van der Waals surface area contributed by atoms with Crippen LogP contribution in [0, 0.1) is 11.8 Å². The van der Waals surface area contributed by atoms with E-state index in [0.29, 0.717) is 24.4 Å². The maximum absolute atomic E-state index is 11.0. The maximum Gasteiger partial charge on any atom is 0.303 e. The number of hydrogen-bond acceptors (Lipinski definition) is 3. The fraction of sp³-hybridized carbons (Fsp3) is 0.941. The average Bonchev–Trinajstić information content (AvgIpc) is 2.45. The van der Waals surface area contributed by atoms with E-state index in [1.165, 1.54) is 32.1 Å². The Morgan fingerprint density at radius 1 is 1.19 bits per heavy atom. The minimum absolute atomic E-state index is 0.294. The van der Waals surface area contributed by atoms with Crippen LogP contribution in [-0.2, 0) is 4.79 Å². The molecular weight excluding hydrogens is 264 g/mol.